The van der Waals surface area contributed by atoms with E-state index >= 15 is 0 Å². The standard InChI is InChI=1S/C19H21ClN2O3S/c1-14-6-2-5-9-18(14)26(24,25)22-12-10-15(11-13-22)19(23)21-17-8-4-3-7-16(17)20/h2-9,15H,10-13H2,1H3,(H,21,23). The number of carbonyl (C=O) groups is 1. The average Bonchev–Trinajstić information content (AvgIpc) is 2.64. The lowest BCUT2D eigenvalue weighted by Gasteiger charge is -2.31. The molecule has 0 bridgehead atoms. The van der Waals surface area contributed by atoms with Gasteiger partial charge in [-0.05, 0) is 43.5 Å². The van der Waals surface area contributed by atoms with Gasteiger partial charge in [0.05, 0.1) is 15.6 Å². The Bertz CT molecular complexity index is 907. The van der Waals surface area contributed by atoms with E-state index in [1.165, 1.54) is 4.31 Å². The molecule has 1 amide bonds. The lowest BCUT2D eigenvalue weighted by molar-refractivity contribution is -0.120. The smallest absolute Gasteiger partial charge is 0.243 e. The fourth-order valence-corrected chi connectivity index (χ4v) is 5.02. The van der Waals surface area contributed by atoms with Crippen LogP contribution in [-0.4, -0.2) is 31.7 Å². The molecule has 0 unspecified atom stereocenters. The highest BCUT2D eigenvalue weighted by molar-refractivity contribution is 7.89. The van der Waals surface area contributed by atoms with E-state index < -0.39 is 10.0 Å². The number of hydrogen-bond acceptors (Lipinski definition) is 3. The van der Waals surface area contributed by atoms with E-state index in [1.807, 2.05) is 6.07 Å². The van der Waals surface area contributed by atoms with E-state index in [0.717, 1.165) is 5.56 Å². The van der Waals surface area contributed by atoms with Gasteiger partial charge in [-0.25, -0.2) is 8.42 Å². The fraction of sp³-hybridized carbons (Fsp3) is 0.316. The van der Waals surface area contributed by atoms with Crippen LogP contribution in [0.15, 0.2) is 53.4 Å². The van der Waals surface area contributed by atoms with Crippen molar-refractivity contribution in [1.29, 1.82) is 0 Å². The van der Waals surface area contributed by atoms with Crippen LogP contribution in [0.1, 0.15) is 18.4 Å². The number of hydrogen-bond donors (Lipinski definition) is 1. The quantitative estimate of drug-likeness (QED) is 0.862. The molecule has 1 saturated heterocycles. The Morgan fingerprint density at radius 1 is 1.08 bits per heavy atom. The summed E-state index contributed by atoms with van der Waals surface area (Å²) in [5.41, 5.74) is 1.31. The van der Waals surface area contributed by atoms with Gasteiger partial charge in [0, 0.05) is 19.0 Å². The maximum Gasteiger partial charge on any atom is 0.243 e. The van der Waals surface area contributed by atoms with Gasteiger partial charge in [0.15, 0.2) is 0 Å². The summed E-state index contributed by atoms with van der Waals surface area (Å²) in [7, 11) is -3.53. The number of aryl methyl sites for hydroxylation is 1. The van der Waals surface area contributed by atoms with Crippen LogP contribution in [0, 0.1) is 12.8 Å². The predicted octanol–water partition coefficient (Wildman–Crippen LogP) is 3.69. The largest absolute Gasteiger partial charge is 0.325 e. The number of rotatable bonds is 4. The molecule has 1 N–H and O–H groups in total. The van der Waals surface area contributed by atoms with Gasteiger partial charge in [0.2, 0.25) is 15.9 Å². The third kappa shape index (κ3) is 3.92. The molecule has 26 heavy (non-hydrogen) atoms. The summed E-state index contributed by atoms with van der Waals surface area (Å²) in [4.78, 5) is 12.8. The average molecular weight is 393 g/mol. The van der Waals surface area contributed by atoms with Crippen molar-refractivity contribution in [2.75, 3.05) is 18.4 Å². The van der Waals surface area contributed by atoms with Crippen LogP contribution in [0.25, 0.3) is 0 Å². The summed E-state index contributed by atoms with van der Waals surface area (Å²) in [5.74, 6) is -0.347. The van der Waals surface area contributed by atoms with E-state index in [-0.39, 0.29) is 11.8 Å². The van der Waals surface area contributed by atoms with Crippen molar-refractivity contribution in [1.82, 2.24) is 4.31 Å². The van der Waals surface area contributed by atoms with Crippen molar-refractivity contribution < 1.29 is 13.2 Å². The molecular weight excluding hydrogens is 372 g/mol. The summed E-state index contributed by atoms with van der Waals surface area (Å²) in [6, 6.07) is 14.0. The molecule has 0 spiro atoms. The predicted molar refractivity (Wildman–Crippen MR) is 103 cm³/mol. The minimum atomic E-state index is -3.53. The van der Waals surface area contributed by atoms with Crippen LogP contribution in [0.2, 0.25) is 5.02 Å². The third-order valence-electron chi connectivity index (χ3n) is 4.67. The van der Waals surface area contributed by atoms with Crippen LogP contribution >= 0.6 is 11.6 Å². The van der Waals surface area contributed by atoms with Gasteiger partial charge < -0.3 is 5.32 Å². The SMILES string of the molecule is Cc1ccccc1S(=O)(=O)N1CCC(C(=O)Nc2ccccc2Cl)CC1. The van der Waals surface area contributed by atoms with E-state index in [2.05, 4.69) is 5.32 Å². The summed E-state index contributed by atoms with van der Waals surface area (Å²) in [6.07, 6.45) is 0.975. The molecule has 1 aliphatic heterocycles. The topological polar surface area (TPSA) is 66.5 Å². The number of piperidine rings is 1. The Hall–Kier alpha value is -1.89. The molecule has 0 aromatic heterocycles. The zero-order chi connectivity index (χ0) is 18.7. The van der Waals surface area contributed by atoms with E-state index in [0.29, 0.717) is 41.5 Å². The zero-order valence-electron chi connectivity index (χ0n) is 14.5. The van der Waals surface area contributed by atoms with Crippen LogP contribution in [0.4, 0.5) is 5.69 Å². The minimum absolute atomic E-state index is 0.119. The number of carbonyl (C=O) groups excluding carboxylic acids is 1. The second-order valence-electron chi connectivity index (χ2n) is 6.41. The van der Waals surface area contributed by atoms with Crippen molar-refractivity contribution in [2.45, 2.75) is 24.7 Å². The fourth-order valence-electron chi connectivity index (χ4n) is 3.14. The lowest BCUT2D eigenvalue weighted by atomic mass is 9.97. The molecule has 2 aromatic rings. The number of para-hydroxylation sites is 1. The van der Waals surface area contributed by atoms with E-state index in [1.54, 1.807) is 49.4 Å². The Kier molecular flexibility index (Phi) is 5.65. The molecular formula is C19H21ClN2O3S. The maximum absolute atomic E-state index is 12.8. The molecule has 0 atom stereocenters. The molecule has 138 valence electrons. The van der Waals surface area contributed by atoms with Crippen molar-refractivity contribution in [3.8, 4) is 0 Å². The first-order chi connectivity index (χ1) is 12.4. The molecule has 0 saturated carbocycles. The molecule has 1 aliphatic rings. The first-order valence-electron chi connectivity index (χ1n) is 8.51. The molecule has 0 aliphatic carbocycles. The highest BCUT2D eigenvalue weighted by atomic mass is 35.5. The van der Waals surface area contributed by atoms with Crippen LogP contribution in [0.3, 0.4) is 0 Å². The number of halogens is 1. The third-order valence-corrected chi connectivity index (χ3v) is 7.06. The number of nitrogens with one attached hydrogen (secondary N) is 1. The number of amides is 1. The number of anilines is 1. The first-order valence-corrected chi connectivity index (χ1v) is 10.3. The normalized spacial score (nSPS) is 16.4. The van der Waals surface area contributed by atoms with Gasteiger partial charge in [0.1, 0.15) is 0 Å². The van der Waals surface area contributed by atoms with Crippen molar-refractivity contribution >= 4 is 33.2 Å². The Balaban J connectivity index is 1.65. The summed E-state index contributed by atoms with van der Waals surface area (Å²) in [6.45, 7) is 2.45. The van der Waals surface area contributed by atoms with Gasteiger partial charge in [-0.3, -0.25) is 4.79 Å². The van der Waals surface area contributed by atoms with Gasteiger partial charge in [-0.15, -0.1) is 0 Å². The highest BCUT2D eigenvalue weighted by Gasteiger charge is 2.32. The minimum Gasteiger partial charge on any atom is -0.325 e. The van der Waals surface area contributed by atoms with Crippen molar-refractivity contribution in [3.05, 3.63) is 59.1 Å². The Morgan fingerprint density at radius 3 is 2.35 bits per heavy atom. The van der Waals surface area contributed by atoms with Crippen LogP contribution in [-0.2, 0) is 14.8 Å². The van der Waals surface area contributed by atoms with E-state index in [4.69, 9.17) is 11.6 Å². The molecule has 5 nitrogen and oxygen atoms in total. The monoisotopic (exact) mass is 392 g/mol. The molecule has 2 aromatic carbocycles. The van der Waals surface area contributed by atoms with Gasteiger partial charge in [-0.2, -0.15) is 4.31 Å². The summed E-state index contributed by atoms with van der Waals surface area (Å²) < 4.78 is 27.1. The Morgan fingerprint density at radius 2 is 1.69 bits per heavy atom. The number of nitrogens with zero attached hydrogens (tertiary/aromatic N) is 1. The summed E-state index contributed by atoms with van der Waals surface area (Å²) in [5, 5.41) is 3.32. The molecule has 0 radical (unpaired) electrons. The van der Waals surface area contributed by atoms with Crippen molar-refractivity contribution in [3.63, 3.8) is 0 Å². The zero-order valence-corrected chi connectivity index (χ0v) is 16.1. The highest BCUT2D eigenvalue weighted by Crippen LogP contribution is 2.27. The first kappa shape index (κ1) is 18.9. The molecule has 7 heteroatoms. The van der Waals surface area contributed by atoms with Gasteiger partial charge in [0.25, 0.3) is 0 Å². The van der Waals surface area contributed by atoms with Crippen molar-refractivity contribution in [2.24, 2.45) is 5.92 Å². The number of sulfonamides is 1. The van der Waals surface area contributed by atoms with Gasteiger partial charge >= 0.3 is 0 Å². The second kappa shape index (κ2) is 7.78. The van der Waals surface area contributed by atoms with Crippen LogP contribution in [0.5, 0.6) is 0 Å². The van der Waals surface area contributed by atoms with E-state index in [9.17, 15) is 13.2 Å². The summed E-state index contributed by atoms with van der Waals surface area (Å²) >= 11 is 6.07. The Labute approximate surface area is 159 Å². The van der Waals surface area contributed by atoms with Gasteiger partial charge in [-0.1, -0.05) is 41.9 Å². The second-order valence-corrected chi connectivity index (χ2v) is 8.73. The number of benzene rings is 2. The van der Waals surface area contributed by atoms with Crippen LogP contribution < -0.4 is 5.32 Å². The molecule has 3 rings (SSSR count). The molecule has 1 fully saturated rings. The molecule has 1 heterocycles. The lowest BCUT2D eigenvalue weighted by Crippen LogP contribution is -2.41. The maximum atomic E-state index is 12.8.